The molecule has 18 heavy (non-hydrogen) atoms. The molecular weight excluding hydrogens is 230 g/mol. The highest BCUT2D eigenvalue weighted by Crippen LogP contribution is 2.16. The number of carbonyl (C=O) groups is 1. The molecule has 1 aromatic heterocycles. The number of carbonyl (C=O) groups excluding carboxylic acids is 1. The molecule has 1 aliphatic heterocycles. The maximum Gasteiger partial charge on any atom is 0.308 e. The van der Waals surface area contributed by atoms with Crippen LogP contribution in [0.25, 0.3) is 0 Å². The monoisotopic (exact) mass is 249 g/mol. The Hall–Kier alpha value is -1.42. The van der Waals surface area contributed by atoms with Gasteiger partial charge in [-0.2, -0.15) is 0 Å². The second-order valence-corrected chi connectivity index (χ2v) is 4.71. The number of esters is 1. The minimum absolute atomic E-state index is 0.0584. The van der Waals surface area contributed by atoms with E-state index in [9.17, 15) is 4.79 Å². The van der Waals surface area contributed by atoms with Gasteiger partial charge in [-0.3, -0.25) is 9.78 Å². The maximum atomic E-state index is 11.7. The third-order valence-corrected chi connectivity index (χ3v) is 3.00. The van der Waals surface area contributed by atoms with Crippen molar-refractivity contribution < 1.29 is 14.3 Å². The highest BCUT2D eigenvalue weighted by atomic mass is 16.5. The third kappa shape index (κ3) is 4.11. The van der Waals surface area contributed by atoms with Crippen molar-refractivity contribution in [3.8, 4) is 0 Å². The molecule has 0 bridgehead atoms. The van der Waals surface area contributed by atoms with Gasteiger partial charge in [0.1, 0.15) is 6.10 Å². The van der Waals surface area contributed by atoms with Crippen LogP contribution in [0.3, 0.4) is 0 Å². The van der Waals surface area contributed by atoms with Crippen LogP contribution >= 0.6 is 0 Å². The van der Waals surface area contributed by atoms with Gasteiger partial charge in [0.05, 0.1) is 12.5 Å². The molecule has 0 spiro atoms. The van der Waals surface area contributed by atoms with Gasteiger partial charge in [0.2, 0.25) is 0 Å². The van der Waals surface area contributed by atoms with Gasteiger partial charge in [0.15, 0.2) is 0 Å². The highest BCUT2D eigenvalue weighted by Gasteiger charge is 2.21. The first-order valence-corrected chi connectivity index (χ1v) is 6.44. The Labute approximate surface area is 107 Å². The molecule has 1 fully saturated rings. The summed E-state index contributed by atoms with van der Waals surface area (Å²) >= 11 is 0. The second-order valence-electron chi connectivity index (χ2n) is 4.71. The number of nitrogens with zero attached hydrogens (tertiary/aromatic N) is 1. The molecule has 2 rings (SSSR count). The van der Waals surface area contributed by atoms with Gasteiger partial charge >= 0.3 is 5.97 Å². The molecule has 4 heteroatoms. The number of hydrogen-bond donors (Lipinski definition) is 0. The molecule has 4 nitrogen and oxygen atoms in total. The van der Waals surface area contributed by atoms with Crippen LogP contribution < -0.4 is 0 Å². The first-order valence-electron chi connectivity index (χ1n) is 6.44. The van der Waals surface area contributed by atoms with Gasteiger partial charge in [0.25, 0.3) is 0 Å². The summed E-state index contributed by atoms with van der Waals surface area (Å²) in [4.78, 5) is 15.7. The molecule has 1 aliphatic rings. The van der Waals surface area contributed by atoms with E-state index in [1.807, 2.05) is 19.1 Å². The molecular formula is C14H19NO3. The lowest BCUT2D eigenvalue weighted by molar-refractivity contribution is -0.150. The summed E-state index contributed by atoms with van der Waals surface area (Å²) < 4.78 is 10.8. The van der Waals surface area contributed by atoms with Crippen LogP contribution in [0.2, 0.25) is 0 Å². The van der Waals surface area contributed by atoms with Crippen LogP contribution in [0.4, 0.5) is 0 Å². The zero-order chi connectivity index (χ0) is 12.8. The molecule has 2 atom stereocenters. The molecule has 98 valence electrons. The number of ether oxygens (including phenoxy) is 2. The van der Waals surface area contributed by atoms with E-state index in [0.29, 0.717) is 12.8 Å². The lowest BCUT2D eigenvalue weighted by Gasteiger charge is -2.15. The average Bonchev–Trinajstić information content (AvgIpc) is 2.82. The molecule has 1 aromatic rings. The summed E-state index contributed by atoms with van der Waals surface area (Å²) in [7, 11) is 0. The number of pyridine rings is 1. The van der Waals surface area contributed by atoms with Crippen molar-refractivity contribution >= 4 is 5.97 Å². The molecule has 0 aliphatic carbocycles. The smallest absolute Gasteiger partial charge is 0.308 e. The van der Waals surface area contributed by atoms with Crippen molar-refractivity contribution in [2.45, 2.75) is 44.8 Å². The SMILES string of the molecule is C[C@H](Cc1cccnc1)OC(=O)C[C@@H]1CCCO1. The van der Waals surface area contributed by atoms with Crippen LogP contribution in [0.1, 0.15) is 31.7 Å². The second kappa shape index (κ2) is 6.50. The topological polar surface area (TPSA) is 48.4 Å². The largest absolute Gasteiger partial charge is 0.462 e. The summed E-state index contributed by atoms with van der Waals surface area (Å²) in [6.45, 7) is 2.67. The fourth-order valence-corrected chi connectivity index (χ4v) is 2.16. The van der Waals surface area contributed by atoms with E-state index in [4.69, 9.17) is 9.47 Å². The van der Waals surface area contributed by atoms with E-state index in [1.54, 1.807) is 12.4 Å². The summed E-state index contributed by atoms with van der Waals surface area (Å²) in [5, 5.41) is 0. The molecule has 0 saturated carbocycles. The summed E-state index contributed by atoms with van der Waals surface area (Å²) in [5.41, 5.74) is 1.08. The predicted octanol–water partition coefficient (Wildman–Crippen LogP) is 2.12. The molecule has 0 radical (unpaired) electrons. The average molecular weight is 249 g/mol. The number of rotatable bonds is 5. The minimum Gasteiger partial charge on any atom is -0.462 e. The van der Waals surface area contributed by atoms with Crippen molar-refractivity contribution in [1.29, 1.82) is 0 Å². The summed E-state index contributed by atoms with van der Waals surface area (Å²) in [5.74, 6) is -0.168. The summed E-state index contributed by atoms with van der Waals surface area (Å²) in [6, 6.07) is 3.87. The lowest BCUT2D eigenvalue weighted by Crippen LogP contribution is -2.21. The van der Waals surface area contributed by atoms with E-state index in [2.05, 4.69) is 4.98 Å². The van der Waals surface area contributed by atoms with E-state index >= 15 is 0 Å². The van der Waals surface area contributed by atoms with E-state index < -0.39 is 0 Å². The molecule has 0 N–H and O–H groups in total. The predicted molar refractivity (Wildman–Crippen MR) is 67.1 cm³/mol. The molecule has 0 amide bonds. The third-order valence-electron chi connectivity index (χ3n) is 3.00. The summed E-state index contributed by atoms with van der Waals surface area (Å²) in [6.07, 6.45) is 6.55. The van der Waals surface area contributed by atoms with Gasteiger partial charge in [-0.1, -0.05) is 6.07 Å². The fraction of sp³-hybridized carbons (Fsp3) is 0.571. The van der Waals surface area contributed by atoms with Gasteiger partial charge < -0.3 is 9.47 Å². The number of aromatic nitrogens is 1. The molecule has 2 heterocycles. The minimum atomic E-state index is -0.168. The van der Waals surface area contributed by atoms with Crippen LogP contribution in [0.5, 0.6) is 0 Å². The van der Waals surface area contributed by atoms with Crippen molar-refractivity contribution in [2.24, 2.45) is 0 Å². The van der Waals surface area contributed by atoms with Crippen molar-refractivity contribution in [3.05, 3.63) is 30.1 Å². The van der Waals surface area contributed by atoms with Crippen LogP contribution in [0.15, 0.2) is 24.5 Å². The van der Waals surface area contributed by atoms with Gasteiger partial charge in [-0.05, 0) is 31.4 Å². The Balaban J connectivity index is 1.73. The highest BCUT2D eigenvalue weighted by molar-refractivity contribution is 5.70. The van der Waals surface area contributed by atoms with Crippen LogP contribution in [0, 0.1) is 0 Å². The standard InChI is InChI=1S/C14H19NO3/c1-11(8-12-4-2-6-15-10-12)18-14(16)9-13-5-3-7-17-13/h2,4,6,10-11,13H,3,5,7-9H2,1H3/t11-,13+/m1/s1. The number of hydrogen-bond acceptors (Lipinski definition) is 4. The molecule has 1 saturated heterocycles. The van der Waals surface area contributed by atoms with Gasteiger partial charge in [0, 0.05) is 25.4 Å². The van der Waals surface area contributed by atoms with Crippen molar-refractivity contribution in [3.63, 3.8) is 0 Å². The first kappa shape index (κ1) is 13.0. The van der Waals surface area contributed by atoms with Gasteiger partial charge in [-0.15, -0.1) is 0 Å². The Bertz CT molecular complexity index is 374. The Morgan fingerprint density at radius 2 is 2.56 bits per heavy atom. The quantitative estimate of drug-likeness (QED) is 0.750. The Morgan fingerprint density at radius 1 is 1.67 bits per heavy atom. The maximum absolute atomic E-state index is 11.7. The molecule has 0 unspecified atom stereocenters. The lowest BCUT2D eigenvalue weighted by atomic mass is 10.1. The Kier molecular flexibility index (Phi) is 4.70. The van der Waals surface area contributed by atoms with Crippen molar-refractivity contribution in [2.75, 3.05) is 6.61 Å². The van der Waals surface area contributed by atoms with Crippen molar-refractivity contribution in [1.82, 2.24) is 4.98 Å². The van der Waals surface area contributed by atoms with E-state index in [-0.39, 0.29) is 18.2 Å². The Morgan fingerprint density at radius 3 is 3.22 bits per heavy atom. The van der Waals surface area contributed by atoms with Crippen LogP contribution in [-0.4, -0.2) is 29.8 Å². The van der Waals surface area contributed by atoms with Gasteiger partial charge in [-0.25, -0.2) is 0 Å². The molecule has 0 aromatic carbocycles. The normalized spacial score (nSPS) is 20.6. The van der Waals surface area contributed by atoms with Crippen LogP contribution in [-0.2, 0) is 20.7 Å². The van der Waals surface area contributed by atoms with E-state index in [1.165, 1.54) is 0 Å². The fourth-order valence-electron chi connectivity index (χ4n) is 2.16. The zero-order valence-electron chi connectivity index (χ0n) is 10.7. The van der Waals surface area contributed by atoms with E-state index in [0.717, 1.165) is 25.0 Å². The zero-order valence-corrected chi connectivity index (χ0v) is 10.7. The first-order chi connectivity index (χ1) is 8.74.